The quantitative estimate of drug-likeness (QED) is 0.0900. The highest BCUT2D eigenvalue weighted by molar-refractivity contribution is 6.01. The Labute approximate surface area is 758 Å². The summed E-state index contributed by atoms with van der Waals surface area (Å²) in [5.41, 5.74) is 41.4. The molecule has 0 aromatic heterocycles. The summed E-state index contributed by atoms with van der Waals surface area (Å²) in [5, 5.41) is 0. The molecule has 0 fully saturated rings. The van der Waals surface area contributed by atoms with Crippen LogP contribution in [0.5, 0.6) is 0 Å². The van der Waals surface area contributed by atoms with E-state index < -0.39 is 0 Å². The lowest BCUT2D eigenvalue weighted by molar-refractivity contribution is 0.714. The van der Waals surface area contributed by atoms with Crippen molar-refractivity contribution >= 4 is 51.2 Å². The van der Waals surface area contributed by atoms with E-state index in [-0.39, 0.29) is 16.2 Å². The van der Waals surface area contributed by atoms with Gasteiger partial charge in [-0.1, -0.05) is 437 Å². The molecule has 3 aliphatic carbocycles. The molecule has 0 amide bonds. The van der Waals surface area contributed by atoms with Crippen molar-refractivity contribution in [3.05, 3.63) is 572 Å². The summed E-state index contributed by atoms with van der Waals surface area (Å²) in [7, 11) is 0. The second kappa shape index (κ2) is 34.7. The van der Waals surface area contributed by atoms with Crippen LogP contribution in [0.15, 0.2) is 522 Å². The molecule has 3 atom stereocenters. The van der Waals surface area contributed by atoms with Crippen molar-refractivity contribution in [1.82, 2.24) is 0 Å². The van der Waals surface area contributed by atoms with Gasteiger partial charge in [-0.2, -0.15) is 0 Å². The Morgan fingerprint density at radius 2 is 0.326 bits per heavy atom. The fraction of sp³-hybridized carbons (Fsp3) is 0.0476. The first-order chi connectivity index (χ1) is 63.7. The Morgan fingerprint density at radius 3 is 0.620 bits per heavy atom. The lowest BCUT2D eigenvalue weighted by Gasteiger charge is -2.31. The van der Waals surface area contributed by atoms with Crippen LogP contribution < -0.4 is 14.7 Å². The summed E-state index contributed by atoms with van der Waals surface area (Å²) in [4.78, 5) is 7.29. The van der Waals surface area contributed by atoms with Gasteiger partial charge in [0.25, 0.3) is 0 Å². The van der Waals surface area contributed by atoms with Gasteiger partial charge in [0.1, 0.15) is 0 Å². The lowest BCUT2D eigenvalue weighted by atomic mass is 9.74. The highest BCUT2D eigenvalue weighted by atomic mass is 15.2. The Morgan fingerprint density at radius 1 is 0.132 bits per heavy atom. The molecule has 3 aliphatic rings. The number of rotatable bonds is 17. The minimum absolute atomic E-state index is 0.233. The average Bonchev–Trinajstić information content (AvgIpc) is 1.56. The topological polar surface area (TPSA) is 9.72 Å². The van der Waals surface area contributed by atoms with Crippen molar-refractivity contribution in [1.29, 1.82) is 0 Å². The number of nitrogens with zero attached hydrogens (tertiary/aromatic N) is 3. The Balaban J connectivity index is 0.000000118. The number of hydrogen-bond donors (Lipinski definition) is 0. The molecule has 0 heterocycles. The van der Waals surface area contributed by atoms with Gasteiger partial charge in [0, 0.05) is 66.9 Å². The maximum atomic E-state index is 2.46. The monoisotopic (exact) mass is 1650 g/mol. The highest BCUT2D eigenvalue weighted by Gasteiger charge is 2.46. The van der Waals surface area contributed by atoms with E-state index in [1.54, 1.807) is 0 Å². The zero-order valence-corrected chi connectivity index (χ0v) is 72.5. The molecule has 3 nitrogen and oxygen atoms in total. The Kier molecular flexibility index (Phi) is 21.5. The number of benzene rings is 20. The smallest absolute Gasteiger partial charge is 0.0543 e. The van der Waals surface area contributed by atoms with Gasteiger partial charge in [-0.25, -0.2) is 0 Å². The van der Waals surface area contributed by atoms with E-state index in [4.69, 9.17) is 0 Å². The largest absolute Gasteiger partial charge is 0.310 e. The van der Waals surface area contributed by atoms with E-state index in [2.05, 4.69) is 557 Å². The maximum absolute atomic E-state index is 2.46. The Hall–Kier alpha value is -16.2. The molecule has 129 heavy (non-hydrogen) atoms. The van der Waals surface area contributed by atoms with Crippen molar-refractivity contribution < 1.29 is 0 Å². The molecular formula is C126H95N3. The zero-order valence-electron chi connectivity index (χ0n) is 72.5. The summed E-state index contributed by atoms with van der Waals surface area (Å²) in [6, 6.07) is 189. The molecular weight excluding hydrogens is 1560 g/mol. The number of fused-ring (bicyclic) bond motifs is 9. The number of anilines is 9. The van der Waals surface area contributed by atoms with Crippen LogP contribution >= 0.6 is 0 Å². The van der Waals surface area contributed by atoms with Gasteiger partial charge in [0.2, 0.25) is 0 Å². The minimum atomic E-state index is -0.273. The van der Waals surface area contributed by atoms with Gasteiger partial charge in [-0.05, 0) is 223 Å². The van der Waals surface area contributed by atoms with E-state index >= 15 is 0 Å². The van der Waals surface area contributed by atoms with Crippen LogP contribution in [0.4, 0.5) is 51.2 Å². The molecule has 20 aromatic carbocycles. The van der Waals surface area contributed by atoms with E-state index in [0.29, 0.717) is 0 Å². The lowest BCUT2D eigenvalue weighted by Crippen LogP contribution is -2.22. The van der Waals surface area contributed by atoms with Crippen molar-refractivity contribution in [2.24, 2.45) is 0 Å². The first-order valence-corrected chi connectivity index (χ1v) is 44.8. The number of para-hydroxylation sites is 2. The molecule has 0 aliphatic heterocycles. The molecule has 3 unspecified atom stereocenters. The molecule has 3 heteroatoms. The van der Waals surface area contributed by atoms with E-state index in [1.165, 1.54) is 156 Å². The predicted molar refractivity (Wildman–Crippen MR) is 543 cm³/mol. The summed E-state index contributed by atoms with van der Waals surface area (Å²) in [6.07, 6.45) is 0. The third kappa shape index (κ3) is 14.6. The number of hydrogen-bond acceptors (Lipinski definition) is 3. The minimum Gasteiger partial charge on any atom is -0.310 e. The van der Waals surface area contributed by atoms with Crippen molar-refractivity contribution in [2.75, 3.05) is 14.7 Å². The molecule has 0 saturated carbocycles. The van der Waals surface area contributed by atoms with Gasteiger partial charge in [0.05, 0.1) is 22.7 Å². The van der Waals surface area contributed by atoms with Crippen LogP contribution in [0.2, 0.25) is 0 Å². The second-order valence-electron chi connectivity index (χ2n) is 34.1. The van der Waals surface area contributed by atoms with Crippen LogP contribution in [0.3, 0.4) is 0 Å². The van der Waals surface area contributed by atoms with Gasteiger partial charge in [0.15, 0.2) is 0 Å². The Bertz CT molecular complexity index is 7240. The average molecular weight is 1650 g/mol. The first-order valence-electron chi connectivity index (χ1n) is 44.8. The van der Waals surface area contributed by atoms with Crippen molar-refractivity contribution in [2.45, 2.75) is 37.0 Å². The third-order valence-corrected chi connectivity index (χ3v) is 26.9. The summed E-state index contributed by atoms with van der Waals surface area (Å²) in [6.45, 7) is 7.14. The second-order valence-corrected chi connectivity index (χ2v) is 34.1. The van der Waals surface area contributed by atoms with E-state index in [9.17, 15) is 0 Å². The maximum Gasteiger partial charge on any atom is 0.0543 e. The van der Waals surface area contributed by atoms with Gasteiger partial charge < -0.3 is 14.7 Å². The summed E-state index contributed by atoms with van der Waals surface area (Å²) in [5.74, 6) is 0. The van der Waals surface area contributed by atoms with Crippen LogP contribution in [0.1, 0.15) is 70.8 Å². The van der Waals surface area contributed by atoms with Crippen LogP contribution in [0, 0.1) is 0 Å². The molecule has 0 radical (unpaired) electrons. The zero-order chi connectivity index (χ0) is 86.7. The predicted octanol–water partition coefficient (Wildman–Crippen LogP) is 33.8. The molecule has 0 bridgehead atoms. The van der Waals surface area contributed by atoms with Gasteiger partial charge in [-0.3, -0.25) is 0 Å². The van der Waals surface area contributed by atoms with Crippen molar-refractivity contribution in [3.63, 3.8) is 0 Å². The third-order valence-electron chi connectivity index (χ3n) is 26.9. The van der Waals surface area contributed by atoms with E-state index in [0.717, 1.165) is 34.1 Å². The molecule has 0 spiro atoms. The molecule has 20 aromatic rings. The standard InChI is InChI=1S/2C44H33N.C38H29N/c1-44(35-20-9-4-10-21-35)39-24-13-11-23-38(39)43-40(44)25-15-27-42(43)45(36-30-28-33(29-31-36)32-16-5-2-6-17-32)41-26-14-12-22-37(41)34-18-7-3-8-19-34;1-44(36-18-9-4-10-19-36)40-21-12-11-20-39(40)43-41(44)22-13-23-42(43)45(37-28-24-34(25-29-37)32-14-5-2-6-15-32)38-30-26-35(27-31-38)33-16-7-3-8-17-33;1-38(30-16-7-3-8-17-30)34-21-12-11-20-33(34)37-35(38)22-13-23-36(37)39(31-18-9-4-10-19-31)32-26-24-29(25-27-32)28-14-5-2-6-15-28/h2*2-31H,1H3;2-27H,1H3. The fourth-order valence-corrected chi connectivity index (χ4v) is 20.5. The molecule has 0 saturated heterocycles. The van der Waals surface area contributed by atoms with Crippen molar-refractivity contribution in [3.8, 4) is 89.0 Å². The van der Waals surface area contributed by atoms with Crippen LogP contribution in [-0.2, 0) is 16.2 Å². The normalized spacial score (nSPS) is 15.0. The summed E-state index contributed by atoms with van der Waals surface area (Å²) >= 11 is 0. The first kappa shape index (κ1) is 79.9. The molecule has 614 valence electrons. The van der Waals surface area contributed by atoms with Gasteiger partial charge in [-0.15, -0.1) is 0 Å². The van der Waals surface area contributed by atoms with E-state index in [1.807, 2.05) is 0 Å². The molecule has 0 N–H and O–H groups in total. The highest BCUT2D eigenvalue weighted by Crippen LogP contribution is 2.61. The van der Waals surface area contributed by atoms with Gasteiger partial charge >= 0.3 is 0 Å². The fourth-order valence-electron chi connectivity index (χ4n) is 20.5. The van der Waals surface area contributed by atoms with Crippen LogP contribution in [0.25, 0.3) is 89.0 Å². The SMILES string of the molecule is CC1(c2ccccc2)c2ccccc2-c2c(N(c3ccc(-c4ccccc4)cc3)c3ccc(-c4ccccc4)cc3)cccc21.CC1(c2ccccc2)c2ccccc2-c2c(N(c3ccc(-c4ccccc4)cc3)c3ccccc3-c3ccccc3)cccc21.CC1(c2ccccc2)c2ccccc2-c2c(N(c3ccccc3)c3ccc(-c4ccccc4)cc3)cccc21. The summed E-state index contributed by atoms with van der Waals surface area (Å²) < 4.78 is 0. The van der Waals surface area contributed by atoms with Crippen LogP contribution in [-0.4, -0.2) is 0 Å². The molecule has 23 rings (SSSR count).